The third kappa shape index (κ3) is 1.38. The summed E-state index contributed by atoms with van der Waals surface area (Å²) in [6, 6.07) is 0. The number of rotatable bonds is 2. The van der Waals surface area contributed by atoms with Crippen LogP contribution in [0.25, 0.3) is 0 Å². The molecule has 0 amide bonds. The number of hydrogen-bond acceptors (Lipinski definition) is 1. The maximum Gasteiger partial charge on any atom is 0.127 e. The van der Waals surface area contributed by atoms with Crippen molar-refractivity contribution in [3.63, 3.8) is 0 Å². The first-order chi connectivity index (χ1) is 7.58. The summed E-state index contributed by atoms with van der Waals surface area (Å²) in [6.45, 7) is 12.1. The van der Waals surface area contributed by atoms with Gasteiger partial charge in [0.25, 0.3) is 0 Å². The van der Waals surface area contributed by atoms with E-state index in [1.54, 1.807) is 9.80 Å². The van der Waals surface area contributed by atoms with E-state index in [4.69, 9.17) is 0 Å². The zero-order valence-corrected chi connectivity index (χ0v) is 10.7. The lowest BCUT2D eigenvalue weighted by Crippen LogP contribution is -3.18. The molecule has 3 N–H and O–H groups in total. The molecular formula is C13H26N2O+2. The topological polar surface area (TPSA) is 29.1 Å². The summed E-state index contributed by atoms with van der Waals surface area (Å²) in [5.74, 6) is 0. The Morgan fingerprint density at radius 1 is 1.12 bits per heavy atom. The molecule has 16 heavy (non-hydrogen) atoms. The lowest BCUT2D eigenvalue weighted by atomic mass is 9.61. The molecule has 0 aromatic heterocycles. The van der Waals surface area contributed by atoms with Gasteiger partial charge in [0.1, 0.15) is 13.1 Å². The first-order valence-corrected chi connectivity index (χ1v) is 6.93. The summed E-state index contributed by atoms with van der Waals surface area (Å²) < 4.78 is 0. The van der Waals surface area contributed by atoms with Crippen LogP contribution in [0.4, 0.5) is 0 Å². The molecular weight excluding hydrogens is 200 g/mol. The maximum absolute atomic E-state index is 10.8. The second-order valence-corrected chi connectivity index (χ2v) is 6.88. The average Bonchev–Trinajstić information content (AvgIpc) is 2.42. The quantitative estimate of drug-likeness (QED) is 0.497. The SMILES string of the molecule is CCCC12C[NH+]3CC[NH+](CC(C)(C3)[C@@H]1O)C2. The van der Waals surface area contributed by atoms with Crippen molar-refractivity contribution in [3.05, 3.63) is 0 Å². The van der Waals surface area contributed by atoms with Gasteiger partial charge in [0, 0.05) is 0 Å². The summed E-state index contributed by atoms with van der Waals surface area (Å²) in [5, 5.41) is 10.8. The van der Waals surface area contributed by atoms with Gasteiger partial charge >= 0.3 is 0 Å². The predicted octanol–water partition coefficient (Wildman–Crippen LogP) is -2.05. The Balaban J connectivity index is 1.99. The molecule has 3 atom stereocenters. The monoisotopic (exact) mass is 226 g/mol. The molecule has 0 spiro atoms. The normalized spacial score (nSPS) is 55.3. The van der Waals surface area contributed by atoms with E-state index < -0.39 is 0 Å². The molecule has 0 radical (unpaired) electrons. The minimum absolute atomic E-state index is 0.0504. The van der Waals surface area contributed by atoms with Crippen LogP contribution in [-0.4, -0.2) is 50.5 Å². The van der Waals surface area contributed by atoms with Crippen molar-refractivity contribution in [1.82, 2.24) is 0 Å². The average molecular weight is 226 g/mol. The molecule has 4 aliphatic heterocycles. The van der Waals surface area contributed by atoms with Crippen molar-refractivity contribution in [2.24, 2.45) is 10.8 Å². The minimum atomic E-state index is -0.0504. The summed E-state index contributed by atoms with van der Waals surface area (Å²) in [6.07, 6.45) is 2.38. The fourth-order valence-electron chi connectivity index (χ4n) is 5.03. The van der Waals surface area contributed by atoms with Crippen molar-refractivity contribution < 1.29 is 14.9 Å². The van der Waals surface area contributed by atoms with E-state index in [0.717, 1.165) is 0 Å². The largest absolute Gasteiger partial charge is 0.391 e. The fourth-order valence-corrected chi connectivity index (χ4v) is 5.03. The first kappa shape index (κ1) is 11.0. The van der Waals surface area contributed by atoms with Gasteiger partial charge in [0.15, 0.2) is 0 Å². The highest BCUT2D eigenvalue weighted by molar-refractivity contribution is 5.01. The highest BCUT2D eigenvalue weighted by atomic mass is 16.3. The molecule has 4 bridgehead atoms. The van der Waals surface area contributed by atoms with Crippen LogP contribution in [0, 0.1) is 10.8 Å². The Kier molecular flexibility index (Phi) is 2.36. The maximum atomic E-state index is 10.8. The van der Waals surface area contributed by atoms with Crippen LogP contribution in [-0.2, 0) is 0 Å². The van der Waals surface area contributed by atoms with E-state index in [0.29, 0.717) is 0 Å². The number of nitrogens with one attached hydrogen (secondary N) is 2. The van der Waals surface area contributed by atoms with Gasteiger partial charge in [-0.05, 0) is 13.3 Å². The second-order valence-electron chi connectivity index (χ2n) is 6.88. The Labute approximate surface area is 98.4 Å². The molecule has 4 heterocycles. The molecule has 2 unspecified atom stereocenters. The van der Waals surface area contributed by atoms with Crippen molar-refractivity contribution in [3.8, 4) is 0 Å². The Hall–Kier alpha value is -0.120. The number of piperidine rings is 2. The third-order valence-corrected chi connectivity index (χ3v) is 5.33. The minimum Gasteiger partial charge on any atom is -0.391 e. The molecule has 0 aromatic rings. The van der Waals surface area contributed by atoms with Gasteiger partial charge in [-0.25, -0.2) is 0 Å². The van der Waals surface area contributed by atoms with E-state index in [-0.39, 0.29) is 16.9 Å². The number of fused-ring (bicyclic) bond motifs is 1. The van der Waals surface area contributed by atoms with E-state index in [1.165, 1.54) is 52.1 Å². The standard InChI is InChI=1S/C13H24N2O/c1-3-4-13-9-14-5-6-15(10-13)8-12(2,7-14)11(13)16/h11,16H,3-10H2,1-2H3/p+2/t11-,12?,13?/m0/s1. The number of aliphatic hydroxyl groups is 1. The predicted molar refractivity (Wildman–Crippen MR) is 62.6 cm³/mol. The van der Waals surface area contributed by atoms with Crippen molar-refractivity contribution >= 4 is 0 Å². The van der Waals surface area contributed by atoms with Crippen LogP contribution >= 0.6 is 0 Å². The molecule has 4 fully saturated rings. The summed E-state index contributed by atoms with van der Waals surface area (Å²) in [5.41, 5.74) is 0.425. The van der Waals surface area contributed by atoms with Gasteiger partial charge in [0.2, 0.25) is 0 Å². The van der Waals surface area contributed by atoms with Crippen LogP contribution < -0.4 is 9.80 Å². The number of aliphatic hydroxyl groups excluding tert-OH is 1. The molecule has 0 aromatic carbocycles. The van der Waals surface area contributed by atoms with E-state index >= 15 is 0 Å². The lowest BCUT2D eigenvalue weighted by molar-refractivity contribution is -0.918. The summed E-state index contributed by atoms with van der Waals surface area (Å²) in [4.78, 5) is 3.52. The van der Waals surface area contributed by atoms with E-state index in [2.05, 4.69) is 13.8 Å². The fraction of sp³-hybridized carbons (Fsp3) is 1.00. The highest BCUT2D eigenvalue weighted by Gasteiger charge is 2.63. The van der Waals surface area contributed by atoms with Crippen molar-refractivity contribution in [1.29, 1.82) is 0 Å². The molecule has 3 heteroatoms. The summed E-state index contributed by atoms with van der Waals surface area (Å²) in [7, 11) is 0. The molecule has 0 saturated carbocycles. The van der Waals surface area contributed by atoms with Gasteiger partial charge < -0.3 is 14.9 Å². The Bertz CT molecular complexity index is 276. The molecule has 3 nitrogen and oxygen atoms in total. The van der Waals surface area contributed by atoms with Crippen LogP contribution in [0.2, 0.25) is 0 Å². The van der Waals surface area contributed by atoms with Crippen molar-refractivity contribution in [2.45, 2.75) is 32.8 Å². The summed E-state index contributed by atoms with van der Waals surface area (Å²) >= 11 is 0. The van der Waals surface area contributed by atoms with E-state index in [1.807, 2.05) is 0 Å². The Morgan fingerprint density at radius 3 is 2.19 bits per heavy atom. The smallest absolute Gasteiger partial charge is 0.127 e. The molecule has 0 aliphatic carbocycles. The second kappa shape index (κ2) is 3.44. The molecule has 4 saturated heterocycles. The Morgan fingerprint density at radius 2 is 1.69 bits per heavy atom. The third-order valence-electron chi connectivity index (χ3n) is 5.33. The van der Waals surface area contributed by atoms with Crippen LogP contribution in [0.1, 0.15) is 26.7 Å². The number of quaternary nitrogens is 2. The first-order valence-electron chi connectivity index (χ1n) is 6.93. The van der Waals surface area contributed by atoms with Crippen LogP contribution in [0.3, 0.4) is 0 Å². The van der Waals surface area contributed by atoms with Gasteiger partial charge in [-0.15, -0.1) is 0 Å². The zero-order chi connectivity index (χ0) is 11.4. The highest BCUT2D eigenvalue weighted by Crippen LogP contribution is 2.40. The molecule has 4 aliphatic rings. The van der Waals surface area contributed by atoms with Gasteiger partial charge in [-0.3, -0.25) is 0 Å². The van der Waals surface area contributed by atoms with Crippen LogP contribution in [0.5, 0.6) is 0 Å². The van der Waals surface area contributed by atoms with Gasteiger partial charge in [0.05, 0.1) is 43.1 Å². The lowest BCUT2D eigenvalue weighted by Gasteiger charge is -2.54. The van der Waals surface area contributed by atoms with Gasteiger partial charge in [-0.1, -0.05) is 13.3 Å². The molecule has 92 valence electrons. The van der Waals surface area contributed by atoms with Gasteiger partial charge in [-0.2, -0.15) is 0 Å². The molecule has 4 rings (SSSR count). The van der Waals surface area contributed by atoms with Crippen molar-refractivity contribution in [2.75, 3.05) is 39.3 Å². The van der Waals surface area contributed by atoms with Crippen LogP contribution in [0.15, 0.2) is 0 Å². The van der Waals surface area contributed by atoms with E-state index in [9.17, 15) is 5.11 Å². The number of hydrogen-bond donors (Lipinski definition) is 3. The zero-order valence-electron chi connectivity index (χ0n) is 10.7.